The van der Waals surface area contributed by atoms with Crippen molar-refractivity contribution in [2.75, 3.05) is 29.0 Å². The van der Waals surface area contributed by atoms with Crippen LogP contribution in [0.2, 0.25) is 0 Å². The van der Waals surface area contributed by atoms with Crippen molar-refractivity contribution in [3.05, 3.63) is 107 Å². The highest BCUT2D eigenvalue weighted by molar-refractivity contribution is 6.00. The number of nitrogens with zero attached hydrogens (tertiary/aromatic N) is 2. The van der Waals surface area contributed by atoms with E-state index in [-0.39, 0.29) is 43.0 Å². The minimum absolute atomic E-state index is 0.0638. The zero-order valence-electron chi connectivity index (χ0n) is 24.6. The zero-order chi connectivity index (χ0) is 31.4. The van der Waals surface area contributed by atoms with Crippen LogP contribution in [0.5, 0.6) is 0 Å². The molecule has 2 heterocycles. The summed E-state index contributed by atoms with van der Waals surface area (Å²) in [6.07, 6.45) is 0.126. The number of nitrogens with one attached hydrogen (secondary N) is 3. The van der Waals surface area contributed by atoms with Gasteiger partial charge in [-0.05, 0) is 67.3 Å². The van der Waals surface area contributed by atoms with Crippen LogP contribution >= 0.6 is 0 Å². The number of para-hydroxylation sites is 1. The van der Waals surface area contributed by atoms with Crippen LogP contribution in [0.15, 0.2) is 77.3 Å². The van der Waals surface area contributed by atoms with E-state index >= 15 is 0 Å². The number of aryl methyl sites for hydroxylation is 3. The molecule has 1 aliphatic rings. The van der Waals surface area contributed by atoms with E-state index in [4.69, 9.17) is 4.52 Å². The Hall–Kier alpha value is -5.45. The Balaban J connectivity index is 1.17. The van der Waals surface area contributed by atoms with Gasteiger partial charge in [0.2, 0.25) is 5.91 Å². The number of rotatable bonds is 8. The normalized spacial score (nSPS) is 15.9. The molecule has 44 heavy (non-hydrogen) atoms. The molecule has 11 nitrogen and oxygen atoms in total. The second-order valence-corrected chi connectivity index (χ2v) is 11.0. The van der Waals surface area contributed by atoms with E-state index in [1.807, 2.05) is 44.2 Å². The molecule has 0 saturated carbocycles. The van der Waals surface area contributed by atoms with Crippen LogP contribution in [0.1, 0.15) is 44.4 Å². The highest BCUT2D eigenvalue weighted by Crippen LogP contribution is 2.34. The fourth-order valence-electron chi connectivity index (χ4n) is 5.36. The number of hydrogen-bond acceptors (Lipinski definition) is 6. The lowest BCUT2D eigenvalue weighted by molar-refractivity contribution is -0.141. The van der Waals surface area contributed by atoms with Gasteiger partial charge in [0.25, 0.3) is 5.91 Å². The quantitative estimate of drug-likeness (QED) is 0.214. The largest absolute Gasteiger partial charge is 0.481 e. The maximum absolute atomic E-state index is 12.8. The summed E-state index contributed by atoms with van der Waals surface area (Å²) < 4.78 is 4.99. The van der Waals surface area contributed by atoms with Gasteiger partial charge in [-0.1, -0.05) is 47.6 Å². The van der Waals surface area contributed by atoms with Gasteiger partial charge in [-0.15, -0.1) is 0 Å². The van der Waals surface area contributed by atoms with E-state index in [9.17, 15) is 24.3 Å². The summed E-state index contributed by atoms with van der Waals surface area (Å²) in [6.45, 7) is 5.75. The van der Waals surface area contributed by atoms with Gasteiger partial charge in [-0.3, -0.25) is 14.4 Å². The van der Waals surface area contributed by atoms with Crippen LogP contribution in [0, 0.1) is 26.7 Å². The second kappa shape index (κ2) is 12.8. The summed E-state index contributed by atoms with van der Waals surface area (Å²) in [5.74, 6) is -2.27. The predicted molar refractivity (Wildman–Crippen MR) is 165 cm³/mol. The molecule has 11 heteroatoms. The van der Waals surface area contributed by atoms with Crippen molar-refractivity contribution in [2.24, 2.45) is 5.92 Å². The first kappa shape index (κ1) is 30.0. The van der Waals surface area contributed by atoms with Gasteiger partial charge in [0.15, 0.2) is 5.69 Å². The molecule has 1 aromatic heterocycles. The lowest BCUT2D eigenvalue weighted by atomic mass is 9.89. The number of anilines is 3. The van der Waals surface area contributed by atoms with Crippen LogP contribution in [-0.4, -0.2) is 52.1 Å². The molecule has 3 aromatic carbocycles. The van der Waals surface area contributed by atoms with Crippen molar-refractivity contribution in [1.82, 2.24) is 10.1 Å². The van der Waals surface area contributed by atoms with E-state index in [2.05, 4.69) is 21.1 Å². The number of aliphatic carboxylic acids is 1. The first-order valence-electron chi connectivity index (χ1n) is 14.2. The van der Waals surface area contributed by atoms with E-state index in [1.54, 1.807) is 43.3 Å². The molecule has 4 amide bonds. The number of carboxylic acid groups (broad SMARTS) is 1. The molecule has 1 saturated heterocycles. The maximum atomic E-state index is 12.8. The van der Waals surface area contributed by atoms with Gasteiger partial charge in [0, 0.05) is 42.1 Å². The molecule has 0 bridgehead atoms. The third-order valence-electron chi connectivity index (χ3n) is 7.69. The Kier molecular flexibility index (Phi) is 8.75. The smallest absolute Gasteiger partial charge is 0.323 e. The number of amides is 4. The topological polar surface area (TPSA) is 154 Å². The first-order chi connectivity index (χ1) is 21.1. The van der Waals surface area contributed by atoms with E-state index in [1.165, 1.54) is 11.0 Å². The molecule has 226 valence electrons. The number of carbonyl (C=O) groups excluding carboxylic acids is 3. The molecule has 4 N–H and O–H groups in total. The Morgan fingerprint density at radius 1 is 0.864 bits per heavy atom. The molecule has 0 radical (unpaired) electrons. The highest BCUT2D eigenvalue weighted by Gasteiger charge is 2.41. The van der Waals surface area contributed by atoms with E-state index in [0.29, 0.717) is 17.1 Å². The average Bonchev–Trinajstić information content (AvgIpc) is 3.63. The van der Waals surface area contributed by atoms with Gasteiger partial charge in [0.1, 0.15) is 5.76 Å². The fraction of sp³-hybridized carbons (Fsp3) is 0.242. The van der Waals surface area contributed by atoms with E-state index < -0.39 is 17.8 Å². The van der Waals surface area contributed by atoms with Crippen LogP contribution < -0.4 is 16.0 Å². The number of benzene rings is 3. The Bertz CT molecular complexity index is 1710. The second-order valence-electron chi connectivity index (χ2n) is 11.0. The molecule has 5 rings (SSSR count). The molecule has 2 atom stereocenters. The van der Waals surface area contributed by atoms with E-state index in [0.717, 1.165) is 27.9 Å². The number of aromatic nitrogens is 1. The molecule has 0 aliphatic carbocycles. The average molecular weight is 596 g/mol. The van der Waals surface area contributed by atoms with Crippen molar-refractivity contribution >= 4 is 40.9 Å². The lowest BCUT2D eigenvalue weighted by Gasteiger charge is -2.16. The van der Waals surface area contributed by atoms with Gasteiger partial charge < -0.3 is 30.5 Å². The summed E-state index contributed by atoms with van der Waals surface area (Å²) in [5.41, 5.74) is 5.39. The molecule has 1 aliphatic heterocycles. The van der Waals surface area contributed by atoms with Crippen molar-refractivity contribution in [1.29, 1.82) is 0 Å². The summed E-state index contributed by atoms with van der Waals surface area (Å²) in [5, 5.41) is 22.1. The predicted octanol–water partition coefficient (Wildman–Crippen LogP) is 5.37. The molecule has 1 fully saturated rings. The number of carboxylic acids is 1. The van der Waals surface area contributed by atoms with Crippen LogP contribution in [0.3, 0.4) is 0 Å². The van der Waals surface area contributed by atoms with Crippen molar-refractivity contribution < 1.29 is 28.8 Å². The Labute approximate surface area is 254 Å². The fourth-order valence-corrected chi connectivity index (χ4v) is 5.36. The van der Waals surface area contributed by atoms with Gasteiger partial charge in [-0.2, -0.15) is 0 Å². The molecule has 2 unspecified atom stereocenters. The molecular formula is C33H33N5O6. The summed E-state index contributed by atoms with van der Waals surface area (Å²) in [6, 6.07) is 21.1. The van der Waals surface area contributed by atoms with Crippen LogP contribution in [0.25, 0.3) is 0 Å². The zero-order valence-corrected chi connectivity index (χ0v) is 24.6. The van der Waals surface area contributed by atoms with Gasteiger partial charge in [-0.25, -0.2) is 4.79 Å². The van der Waals surface area contributed by atoms with Crippen LogP contribution in [-0.2, 0) is 16.0 Å². The maximum Gasteiger partial charge on any atom is 0.323 e. The SMILES string of the molecule is Cc1cc(C(=O)N2CC(C(=O)O)C(c3ccc(NC(=O)Cc4ccc(NC(=O)Nc5ccccc5C)c(C)c4)cc3)C2)no1. The van der Waals surface area contributed by atoms with Gasteiger partial charge in [0.05, 0.1) is 12.3 Å². The Morgan fingerprint density at radius 3 is 2.20 bits per heavy atom. The summed E-state index contributed by atoms with van der Waals surface area (Å²) in [4.78, 5) is 51.6. The number of urea groups is 1. The van der Waals surface area contributed by atoms with Gasteiger partial charge >= 0.3 is 12.0 Å². The molecular weight excluding hydrogens is 562 g/mol. The summed E-state index contributed by atoms with van der Waals surface area (Å²) in [7, 11) is 0. The van der Waals surface area contributed by atoms with Crippen molar-refractivity contribution in [2.45, 2.75) is 33.1 Å². The minimum Gasteiger partial charge on any atom is -0.481 e. The number of carbonyl (C=O) groups is 4. The monoisotopic (exact) mass is 595 g/mol. The summed E-state index contributed by atoms with van der Waals surface area (Å²) >= 11 is 0. The third-order valence-corrected chi connectivity index (χ3v) is 7.69. The lowest BCUT2D eigenvalue weighted by Crippen LogP contribution is -2.30. The highest BCUT2D eigenvalue weighted by atomic mass is 16.5. The minimum atomic E-state index is -0.984. The first-order valence-corrected chi connectivity index (χ1v) is 14.2. The number of hydrogen-bond donors (Lipinski definition) is 4. The number of likely N-dealkylation sites (tertiary alicyclic amines) is 1. The van der Waals surface area contributed by atoms with Crippen molar-refractivity contribution in [3.63, 3.8) is 0 Å². The third kappa shape index (κ3) is 6.95. The Morgan fingerprint density at radius 2 is 1.57 bits per heavy atom. The van der Waals surface area contributed by atoms with Crippen LogP contribution in [0.4, 0.5) is 21.9 Å². The molecule has 0 spiro atoms. The molecule has 4 aromatic rings. The van der Waals surface area contributed by atoms with Crippen molar-refractivity contribution in [3.8, 4) is 0 Å². The standard InChI is InChI=1S/C33H33N5O6/c1-19-6-4-5-7-27(19)35-33(43)36-28-13-8-22(14-20(28)2)16-30(39)34-24-11-9-23(10-12-24)25-17-38(18-26(25)32(41)42)31(40)29-15-21(3)44-37-29/h4-15,25-26H,16-18H2,1-3H3,(H,34,39)(H,41,42)(H2,35,36,43).